The summed E-state index contributed by atoms with van der Waals surface area (Å²) in [5, 5.41) is 2.83. The fourth-order valence-electron chi connectivity index (χ4n) is 1.99. The number of allylic oxidation sites excluding steroid dienone is 1. The molecule has 0 aromatic rings. The normalized spacial score (nSPS) is 14.9. The van der Waals surface area contributed by atoms with Crippen LogP contribution in [0.2, 0.25) is 0 Å². The molecule has 1 rings (SSSR count). The molecule has 1 aliphatic carbocycles. The SMILES string of the molecule is CCOC(=O)C(NC(=O)C1=C(Cl)CCCC1)C(=O)OCC. The van der Waals surface area contributed by atoms with E-state index in [9.17, 15) is 14.4 Å². The van der Waals surface area contributed by atoms with Crippen molar-refractivity contribution in [3.05, 3.63) is 10.6 Å². The Labute approximate surface area is 128 Å². The number of hydrogen-bond acceptors (Lipinski definition) is 5. The first-order chi connectivity index (χ1) is 10.0. The Balaban J connectivity index is 2.82. The molecule has 0 aromatic carbocycles. The van der Waals surface area contributed by atoms with Crippen LogP contribution >= 0.6 is 11.6 Å². The van der Waals surface area contributed by atoms with Gasteiger partial charge in [-0.05, 0) is 39.5 Å². The van der Waals surface area contributed by atoms with Crippen molar-refractivity contribution >= 4 is 29.4 Å². The number of halogens is 1. The highest BCUT2D eigenvalue weighted by molar-refractivity contribution is 6.32. The zero-order valence-electron chi connectivity index (χ0n) is 12.2. The summed E-state index contributed by atoms with van der Waals surface area (Å²) in [4.78, 5) is 35.7. The predicted molar refractivity (Wildman–Crippen MR) is 76.5 cm³/mol. The molecule has 0 aromatic heterocycles. The largest absolute Gasteiger partial charge is 0.464 e. The van der Waals surface area contributed by atoms with Gasteiger partial charge in [0.1, 0.15) is 0 Å². The summed E-state index contributed by atoms with van der Waals surface area (Å²) in [7, 11) is 0. The lowest BCUT2D eigenvalue weighted by molar-refractivity contribution is -0.159. The Morgan fingerprint density at radius 2 is 1.62 bits per heavy atom. The van der Waals surface area contributed by atoms with E-state index in [1.165, 1.54) is 0 Å². The van der Waals surface area contributed by atoms with E-state index in [1.807, 2.05) is 0 Å². The first-order valence-electron chi connectivity index (χ1n) is 7.02. The van der Waals surface area contributed by atoms with Gasteiger partial charge in [-0.1, -0.05) is 11.6 Å². The molecule has 1 aliphatic rings. The molecular weight excluding hydrogens is 298 g/mol. The lowest BCUT2D eigenvalue weighted by atomic mass is 9.98. The van der Waals surface area contributed by atoms with E-state index >= 15 is 0 Å². The van der Waals surface area contributed by atoms with E-state index in [2.05, 4.69) is 5.32 Å². The van der Waals surface area contributed by atoms with Crippen molar-refractivity contribution in [2.45, 2.75) is 45.6 Å². The van der Waals surface area contributed by atoms with Gasteiger partial charge in [-0.15, -0.1) is 0 Å². The highest BCUT2D eigenvalue weighted by Gasteiger charge is 2.32. The maximum absolute atomic E-state index is 12.2. The highest BCUT2D eigenvalue weighted by Crippen LogP contribution is 2.27. The van der Waals surface area contributed by atoms with Crippen molar-refractivity contribution in [1.82, 2.24) is 5.32 Å². The molecule has 0 saturated carbocycles. The number of amides is 1. The van der Waals surface area contributed by atoms with Gasteiger partial charge < -0.3 is 14.8 Å². The van der Waals surface area contributed by atoms with Crippen molar-refractivity contribution in [3.63, 3.8) is 0 Å². The van der Waals surface area contributed by atoms with Gasteiger partial charge in [-0.2, -0.15) is 0 Å². The van der Waals surface area contributed by atoms with Crippen molar-refractivity contribution < 1.29 is 23.9 Å². The van der Waals surface area contributed by atoms with Gasteiger partial charge in [0.05, 0.1) is 13.2 Å². The first-order valence-corrected chi connectivity index (χ1v) is 7.40. The van der Waals surface area contributed by atoms with Crippen molar-refractivity contribution in [2.75, 3.05) is 13.2 Å². The van der Waals surface area contributed by atoms with Gasteiger partial charge >= 0.3 is 11.9 Å². The summed E-state index contributed by atoms with van der Waals surface area (Å²) in [5.74, 6) is -2.19. The minimum Gasteiger partial charge on any atom is -0.464 e. The molecular formula is C14H20ClNO5. The van der Waals surface area contributed by atoms with Gasteiger partial charge in [0, 0.05) is 10.6 Å². The molecule has 7 heteroatoms. The highest BCUT2D eigenvalue weighted by atomic mass is 35.5. The van der Waals surface area contributed by atoms with Gasteiger partial charge in [0.25, 0.3) is 0 Å². The molecule has 0 unspecified atom stereocenters. The number of ether oxygens (including phenoxy) is 2. The fraction of sp³-hybridized carbons (Fsp3) is 0.643. The van der Waals surface area contributed by atoms with Gasteiger partial charge in [-0.3, -0.25) is 4.79 Å². The first kappa shape index (κ1) is 17.5. The Bertz CT molecular complexity index is 429. The van der Waals surface area contributed by atoms with Crippen LogP contribution in [0.4, 0.5) is 0 Å². The second-order valence-corrected chi connectivity index (χ2v) is 4.96. The summed E-state index contributed by atoms with van der Waals surface area (Å²) < 4.78 is 9.57. The summed E-state index contributed by atoms with van der Waals surface area (Å²) in [5.41, 5.74) is 0.418. The van der Waals surface area contributed by atoms with Crippen LogP contribution in [0.25, 0.3) is 0 Å². The van der Waals surface area contributed by atoms with Crippen LogP contribution in [0.3, 0.4) is 0 Å². The summed E-state index contributed by atoms with van der Waals surface area (Å²) >= 11 is 6.03. The van der Waals surface area contributed by atoms with Crippen molar-refractivity contribution in [1.29, 1.82) is 0 Å². The summed E-state index contributed by atoms with van der Waals surface area (Å²) in [6, 6.07) is -1.46. The molecule has 1 N–H and O–H groups in total. The van der Waals surface area contributed by atoms with E-state index in [4.69, 9.17) is 21.1 Å². The number of carbonyl (C=O) groups is 3. The Hall–Kier alpha value is -1.56. The van der Waals surface area contributed by atoms with Gasteiger partial charge in [0.2, 0.25) is 11.9 Å². The minimum absolute atomic E-state index is 0.105. The molecule has 0 radical (unpaired) electrons. The van der Waals surface area contributed by atoms with Crippen LogP contribution in [-0.2, 0) is 23.9 Å². The molecule has 0 fully saturated rings. The predicted octanol–water partition coefficient (Wildman–Crippen LogP) is 1.66. The van der Waals surface area contributed by atoms with E-state index in [1.54, 1.807) is 13.8 Å². The monoisotopic (exact) mass is 317 g/mol. The maximum atomic E-state index is 12.2. The number of esters is 2. The standard InChI is InChI=1S/C14H20ClNO5/c1-3-20-13(18)11(14(19)21-4-2)16-12(17)9-7-5-6-8-10(9)15/h11H,3-8H2,1-2H3,(H,16,17). The maximum Gasteiger partial charge on any atom is 0.340 e. The van der Waals surface area contributed by atoms with Crippen molar-refractivity contribution in [3.8, 4) is 0 Å². The van der Waals surface area contributed by atoms with Gasteiger partial charge in [-0.25, -0.2) is 9.59 Å². The summed E-state index contributed by atoms with van der Waals surface area (Å²) in [6.07, 6.45) is 2.94. The lowest BCUT2D eigenvalue weighted by Gasteiger charge is -2.19. The third kappa shape index (κ3) is 5.04. The lowest BCUT2D eigenvalue weighted by Crippen LogP contribution is -2.48. The average Bonchev–Trinajstić information content (AvgIpc) is 2.45. The molecule has 0 heterocycles. The quantitative estimate of drug-likeness (QED) is 0.595. The van der Waals surface area contributed by atoms with E-state index < -0.39 is 23.9 Å². The Morgan fingerprint density at radius 1 is 1.10 bits per heavy atom. The molecule has 0 aliphatic heterocycles. The van der Waals surface area contributed by atoms with E-state index in [0.717, 1.165) is 12.8 Å². The second kappa shape index (κ2) is 8.67. The molecule has 21 heavy (non-hydrogen) atoms. The van der Waals surface area contributed by atoms with Crippen LogP contribution in [0.5, 0.6) is 0 Å². The topological polar surface area (TPSA) is 81.7 Å². The molecule has 0 saturated heterocycles. The minimum atomic E-state index is -1.46. The fourth-order valence-corrected chi connectivity index (χ4v) is 2.30. The second-order valence-electron chi connectivity index (χ2n) is 4.50. The molecule has 0 atom stereocenters. The molecule has 6 nitrogen and oxygen atoms in total. The smallest absolute Gasteiger partial charge is 0.340 e. The zero-order valence-corrected chi connectivity index (χ0v) is 13.0. The van der Waals surface area contributed by atoms with Crippen LogP contribution in [-0.4, -0.2) is 37.1 Å². The van der Waals surface area contributed by atoms with E-state index in [0.29, 0.717) is 23.4 Å². The molecule has 0 spiro atoms. The number of rotatable bonds is 6. The number of nitrogens with one attached hydrogen (secondary N) is 1. The van der Waals surface area contributed by atoms with Gasteiger partial charge in [0.15, 0.2) is 0 Å². The Kier molecular flexibility index (Phi) is 7.22. The average molecular weight is 318 g/mol. The van der Waals surface area contributed by atoms with Crippen LogP contribution < -0.4 is 5.32 Å². The molecule has 118 valence electrons. The third-order valence-corrected chi connectivity index (χ3v) is 3.41. The van der Waals surface area contributed by atoms with Crippen LogP contribution in [0.1, 0.15) is 39.5 Å². The molecule has 1 amide bonds. The van der Waals surface area contributed by atoms with Crippen molar-refractivity contribution in [2.24, 2.45) is 0 Å². The third-order valence-electron chi connectivity index (χ3n) is 2.99. The summed E-state index contributed by atoms with van der Waals surface area (Å²) in [6.45, 7) is 3.44. The van der Waals surface area contributed by atoms with Crippen LogP contribution in [0, 0.1) is 0 Å². The zero-order chi connectivity index (χ0) is 15.8. The number of hydrogen-bond donors (Lipinski definition) is 1. The molecule has 0 bridgehead atoms. The Morgan fingerprint density at radius 3 is 2.10 bits per heavy atom. The van der Waals surface area contributed by atoms with E-state index in [-0.39, 0.29) is 13.2 Å². The number of carbonyl (C=O) groups excluding carboxylic acids is 3. The van der Waals surface area contributed by atoms with Crippen LogP contribution in [0.15, 0.2) is 10.6 Å².